The van der Waals surface area contributed by atoms with Crippen LogP contribution in [0.1, 0.15) is 13.8 Å². The molecule has 0 heterocycles. The predicted molar refractivity (Wildman–Crippen MR) is 37.5 cm³/mol. The highest BCUT2D eigenvalue weighted by Gasteiger charge is 1.93. The molecular weight excluding hydrogens is 132 g/mol. The summed E-state index contributed by atoms with van der Waals surface area (Å²) in [6.45, 7) is 3.66. The first-order valence-corrected chi connectivity index (χ1v) is 3.19. The molecule has 0 spiro atoms. The number of hydrogen-bond acceptors (Lipinski definition) is 3. The highest BCUT2D eigenvalue weighted by Crippen LogP contribution is 1.85. The van der Waals surface area contributed by atoms with Gasteiger partial charge in [-0.1, -0.05) is 0 Å². The summed E-state index contributed by atoms with van der Waals surface area (Å²) in [4.78, 5) is 10.5. The van der Waals surface area contributed by atoms with Crippen molar-refractivity contribution in [2.75, 3.05) is 6.61 Å². The van der Waals surface area contributed by atoms with Crippen LogP contribution in [0.25, 0.3) is 0 Å². The summed E-state index contributed by atoms with van der Waals surface area (Å²) in [5, 5.41) is 8.67. The Kier molecular flexibility index (Phi) is 4.58. The average Bonchev–Trinajstić information content (AvgIpc) is 1.85. The van der Waals surface area contributed by atoms with Gasteiger partial charge in [0.1, 0.15) is 0 Å². The molecule has 0 aromatic rings. The van der Waals surface area contributed by atoms with Crippen LogP contribution in [0.2, 0.25) is 0 Å². The lowest BCUT2D eigenvalue weighted by atomic mass is 10.3. The summed E-state index contributed by atoms with van der Waals surface area (Å²) in [5.41, 5.74) is 0. The van der Waals surface area contributed by atoms with Crippen LogP contribution >= 0.6 is 0 Å². The van der Waals surface area contributed by atoms with Gasteiger partial charge in [0.15, 0.2) is 0 Å². The summed E-state index contributed by atoms with van der Waals surface area (Å²) in [5.74, 6) is -0.414. The Bertz CT molecular complexity index is 127. The number of aliphatic hydroxyl groups excluding tert-OH is 1. The fourth-order valence-electron chi connectivity index (χ4n) is 0.408. The molecule has 0 amide bonds. The van der Waals surface area contributed by atoms with Gasteiger partial charge in [0.25, 0.3) is 0 Å². The number of esters is 1. The second-order valence-electron chi connectivity index (χ2n) is 1.85. The molecule has 10 heavy (non-hydrogen) atoms. The molecule has 0 bridgehead atoms. The zero-order valence-electron chi connectivity index (χ0n) is 6.20. The van der Waals surface area contributed by atoms with Gasteiger partial charge in [0.05, 0.1) is 12.7 Å². The van der Waals surface area contributed by atoms with Crippen LogP contribution in [0.5, 0.6) is 0 Å². The summed E-state index contributed by atoms with van der Waals surface area (Å²) in [6, 6.07) is 0. The van der Waals surface area contributed by atoms with Gasteiger partial charge in [-0.25, -0.2) is 4.79 Å². The van der Waals surface area contributed by atoms with Crippen LogP contribution in [-0.2, 0) is 9.53 Å². The van der Waals surface area contributed by atoms with E-state index in [4.69, 9.17) is 5.11 Å². The number of ether oxygens (including phenoxy) is 1. The minimum atomic E-state index is -0.593. The lowest BCUT2D eigenvalue weighted by Gasteiger charge is -1.95. The first-order chi connectivity index (χ1) is 4.66. The van der Waals surface area contributed by atoms with E-state index in [9.17, 15) is 4.79 Å². The standard InChI is InChI=1S/C7H12O3/c1-3-10-7(9)5-4-6(2)8/h4-6,8H,3H2,1-2H3/b5-4+/t6-/m1/s1. The van der Waals surface area contributed by atoms with Crippen LogP contribution < -0.4 is 0 Å². The number of carbonyl (C=O) groups excluding carboxylic acids is 1. The van der Waals surface area contributed by atoms with Crippen molar-refractivity contribution in [1.82, 2.24) is 0 Å². The second kappa shape index (κ2) is 4.99. The Labute approximate surface area is 60.3 Å². The monoisotopic (exact) mass is 144 g/mol. The molecule has 58 valence electrons. The van der Waals surface area contributed by atoms with E-state index in [1.54, 1.807) is 13.8 Å². The van der Waals surface area contributed by atoms with Crippen LogP contribution in [0.3, 0.4) is 0 Å². The summed E-state index contributed by atoms with van der Waals surface area (Å²) in [7, 11) is 0. The number of carbonyl (C=O) groups is 1. The maximum absolute atomic E-state index is 10.5. The van der Waals surface area contributed by atoms with E-state index < -0.39 is 12.1 Å². The molecule has 0 aliphatic heterocycles. The van der Waals surface area contributed by atoms with Crippen molar-refractivity contribution < 1.29 is 14.6 Å². The molecule has 3 nitrogen and oxygen atoms in total. The average molecular weight is 144 g/mol. The quantitative estimate of drug-likeness (QED) is 0.463. The number of aliphatic hydroxyl groups is 1. The Balaban J connectivity index is 3.56. The Morgan fingerprint density at radius 1 is 1.80 bits per heavy atom. The molecule has 0 aliphatic carbocycles. The Morgan fingerprint density at radius 3 is 2.80 bits per heavy atom. The molecule has 0 fully saturated rings. The minimum absolute atomic E-state index is 0.364. The minimum Gasteiger partial charge on any atom is -0.463 e. The highest BCUT2D eigenvalue weighted by molar-refractivity contribution is 5.81. The van der Waals surface area contributed by atoms with Gasteiger partial charge >= 0.3 is 5.97 Å². The third-order valence-electron chi connectivity index (χ3n) is 0.797. The molecule has 0 aromatic carbocycles. The number of rotatable bonds is 3. The van der Waals surface area contributed by atoms with Gasteiger partial charge in [-0.2, -0.15) is 0 Å². The van der Waals surface area contributed by atoms with Gasteiger partial charge < -0.3 is 9.84 Å². The van der Waals surface area contributed by atoms with Gasteiger partial charge in [-0.3, -0.25) is 0 Å². The number of hydrogen-bond donors (Lipinski definition) is 1. The van der Waals surface area contributed by atoms with Crippen molar-refractivity contribution in [3.8, 4) is 0 Å². The molecule has 0 unspecified atom stereocenters. The van der Waals surface area contributed by atoms with Crippen molar-refractivity contribution in [3.63, 3.8) is 0 Å². The fraction of sp³-hybridized carbons (Fsp3) is 0.571. The third kappa shape index (κ3) is 5.31. The van der Waals surface area contributed by atoms with Crippen molar-refractivity contribution in [2.45, 2.75) is 20.0 Å². The SMILES string of the molecule is CCOC(=O)/C=C/[C@@H](C)O. The van der Waals surface area contributed by atoms with E-state index in [0.717, 1.165) is 0 Å². The second-order valence-corrected chi connectivity index (χ2v) is 1.85. The molecule has 0 aromatic heterocycles. The Hall–Kier alpha value is -0.830. The van der Waals surface area contributed by atoms with E-state index in [-0.39, 0.29) is 0 Å². The van der Waals surface area contributed by atoms with Crippen LogP contribution in [-0.4, -0.2) is 23.8 Å². The van der Waals surface area contributed by atoms with Gasteiger partial charge in [-0.05, 0) is 19.9 Å². The molecule has 0 radical (unpaired) electrons. The molecule has 1 N–H and O–H groups in total. The van der Waals surface area contributed by atoms with Crippen LogP contribution in [0.15, 0.2) is 12.2 Å². The summed E-state index contributed by atoms with van der Waals surface area (Å²) in [6.07, 6.45) is 2.00. The van der Waals surface area contributed by atoms with Crippen molar-refractivity contribution in [1.29, 1.82) is 0 Å². The van der Waals surface area contributed by atoms with Crippen molar-refractivity contribution >= 4 is 5.97 Å². The zero-order chi connectivity index (χ0) is 7.98. The van der Waals surface area contributed by atoms with Gasteiger partial charge in [0.2, 0.25) is 0 Å². The fourth-order valence-corrected chi connectivity index (χ4v) is 0.408. The predicted octanol–water partition coefficient (Wildman–Crippen LogP) is 0.486. The van der Waals surface area contributed by atoms with E-state index in [1.165, 1.54) is 12.2 Å². The van der Waals surface area contributed by atoms with Gasteiger partial charge in [0, 0.05) is 6.08 Å². The Morgan fingerprint density at radius 2 is 2.40 bits per heavy atom. The maximum atomic E-state index is 10.5. The summed E-state index contributed by atoms with van der Waals surface area (Å²) >= 11 is 0. The van der Waals surface area contributed by atoms with Crippen LogP contribution in [0.4, 0.5) is 0 Å². The van der Waals surface area contributed by atoms with Gasteiger partial charge in [-0.15, -0.1) is 0 Å². The molecular formula is C7H12O3. The van der Waals surface area contributed by atoms with E-state index >= 15 is 0 Å². The molecule has 3 heteroatoms. The largest absolute Gasteiger partial charge is 0.463 e. The maximum Gasteiger partial charge on any atom is 0.330 e. The lowest BCUT2D eigenvalue weighted by Crippen LogP contribution is -2.01. The molecule has 0 saturated heterocycles. The molecule has 1 atom stereocenters. The first kappa shape index (κ1) is 9.17. The van der Waals surface area contributed by atoms with Crippen molar-refractivity contribution in [3.05, 3.63) is 12.2 Å². The lowest BCUT2D eigenvalue weighted by molar-refractivity contribution is -0.137. The molecule has 0 aliphatic rings. The first-order valence-electron chi connectivity index (χ1n) is 3.19. The van der Waals surface area contributed by atoms with E-state index in [1.807, 2.05) is 0 Å². The van der Waals surface area contributed by atoms with Crippen molar-refractivity contribution in [2.24, 2.45) is 0 Å². The topological polar surface area (TPSA) is 46.5 Å². The summed E-state index contributed by atoms with van der Waals surface area (Å²) < 4.78 is 4.56. The molecule has 0 saturated carbocycles. The smallest absolute Gasteiger partial charge is 0.330 e. The van der Waals surface area contributed by atoms with E-state index in [2.05, 4.69) is 4.74 Å². The highest BCUT2D eigenvalue weighted by atomic mass is 16.5. The third-order valence-corrected chi connectivity index (χ3v) is 0.797. The normalized spacial score (nSPS) is 13.5. The van der Waals surface area contributed by atoms with E-state index in [0.29, 0.717) is 6.61 Å². The zero-order valence-corrected chi connectivity index (χ0v) is 6.20. The molecule has 0 rings (SSSR count). The van der Waals surface area contributed by atoms with Crippen LogP contribution in [0, 0.1) is 0 Å².